The maximum atomic E-state index is 13.0. The Morgan fingerprint density at radius 2 is 0.533 bits per heavy atom. The van der Waals surface area contributed by atoms with Crippen LogP contribution in [0.25, 0.3) is 0 Å². The third-order valence-electron chi connectivity index (χ3n) is 21.4. The summed E-state index contributed by atoms with van der Waals surface area (Å²) in [5.41, 5.74) is 0. The first-order valence-corrected chi connectivity index (χ1v) is 47.1. The predicted molar refractivity (Wildman–Crippen MR) is 466 cm³/mol. The van der Waals surface area contributed by atoms with Gasteiger partial charge in [0.2, 0.25) is 0 Å². The van der Waals surface area contributed by atoms with Crippen molar-refractivity contribution in [2.45, 2.75) is 489 Å². The van der Waals surface area contributed by atoms with Gasteiger partial charge in [-0.05, 0) is 83.5 Å². The maximum Gasteiger partial charge on any atom is 0.361 e. The Morgan fingerprint density at radius 3 is 0.794 bits per heavy atom. The van der Waals surface area contributed by atoms with Crippen LogP contribution in [0.2, 0.25) is 0 Å². The number of likely N-dealkylation sites (N-methyl/N-ethyl adjacent to an activating group) is 1. The van der Waals surface area contributed by atoms with Gasteiger partial charge in [0, 0.05) is 12.8 Å². The molecule has 0 aromatic heterocycles. The zero-order chi connectivity index (χ0) is 77.4. The number of allylic oxidation sites excluding steroid dienone is 12. The molecule has 0 saturated heterocycles. The summed E-state index contributed by atoms with van der Waals surface area (Å²) in [6.45, 7) is 4.84. The second-order valence-corrected chi connectivity index (χ2v) is 33.3. The lowest BCUT2D eigenvalue weighted by Crippen LogP contribution is -2.40. The number of esters is 2. The van der Waals surface area contributed by atoms with E-state index in [-0.39, 0.29) is 38.2 Å². The first-order valence-electron chi connectivity index (χ1n) is 47.1. The van der Waals surface area contributed by atoms with Crippen molar-refractivity contribution in [3.05, 3.63) is 72.9 Å². The highest BCUT2D eigenvalue weighted by molar-refractivity contribution is 5.71. The van der Waals surface area contributed by atoms with Crippen LogP contribution in [-0.4, -0.2) is 87.4 Å². The van der Waals surface area contributed by atoms with Gasteiger partial charge in [-0.15, -0.1) is 0 Å². The number of carbonyl (C=O) groups is 3. The molecular formula is C98H182NO8+. The number of hydrogen-bond acceptors (Lipinski definition) is 7. The number of hydrogen-bond donors (Lipinski definition) is 1. The highest BCUT2D eigenvalue weighted by Crippen LogP contribution is 2.21. The van der Waals surface area contributed by atoms with Crippen LogP contribution < -0.4 is 0 Å². The van der Waals surface area contributed by atoms with E-state index in [9.17, 15) is 19.5 Å². The Morgan fingerprint density at radius 1 is 0.290 bits per heavy atom. The summed E-state index contributed by atoms with van der Waals surface area (Å²) >= 11 is 0. The molecule has 0 spiro atoms. The van der Waals surface area contributed by atoms with Crippen LogP contribution in [0.1, 0.15) is 476 Å². The standard InChI is InChI=1S/C98H181NO8/c1-6-8-10-12-14-16-18-20-22-24-26-28-30-32-34-36-38-40-42-44-46-48-50-52-54-56-58-60-62-64-66-68-70-72-74-76-78-80-82-84-86-88-95(100)105-92-94(93-106-98(97(102)103)104-91-90-99(3,4)5)107-96(101)89-87-85-83-81-79-77-75-73-71-69-67-65-63-61-59-57-55-53-51-49-47-45-43-41-39-37-35-33-31-29-27-25-23-21-19-17-15-13-11-9-7-2/h9,11,15,17-18,20-21,23-24,26-27,29,94,98H,6-8,10,12-14,16,19,22,25,28,30-93H2,1-5H3/p+1/b11-9-,17-15-,20-18-,23-21-,26-24-,29-27-. The highest BCUT2D eigenvalue weighted by Gasteiger charge is 2.25. The van der Waals surface area contributed by atoms with Gasteiger partial charge in [0.25, 0.3) is 6.29 Å². The molecular weight excluding hydrogens is 1320 g/mol. The van der Waals surface area contributed by atoms with Crippen molar-refractivity contribution in [3.63, 3.8) is 0 Å². The lowest BCUT2D eigenvalue weighted by atomic mass is 10.0. The lowest BCUT2D eigenvalue weighted by Gasteiger charge is -2.25. The van der Waals surface area contributed by atoms with E-state index in [4.69, 9.17) is 18.9 Å². The Kier molecular flexibility index (Phi) is 85.6. The zero-order valence-corrected chi connectivity index (χ0v) is 72.1. The second-order valence-electron chi connectivity index (χ2n) is 33.3. The quantitative estimate of drug-likeness (QED) is 0.0211. The molecule has 9 heteroatoms. The number of carbonyl (C=O) groups excluding carboxylic acids is 2. The number of rotatable bonds is 89. The van der Waals surface area contributed by atoms with Crippen LogP contribution in [0.5, 0.6) is 0 Å². The average Bonchev–Trinajstić information content (AvgIpc) is 0.965. The summed E-state index contributed by atoms with van der Waals surface area (Å²) in [5.74, 6) is -1.97. The van der Waals surface area contributed by atoms with Gasteiger partial charge in [-0.3, -0.25) is 9.59 Å². The smallest absolute Gasteiger partial charge is 0.361 e. The SMILES string of the molecule is CC/C=C\C/C=C\C/C=C\C/C=C\CCCCCCCCCCCCCCCCCCCCCCCCCCCCCCC(=O)OC(COC(=O)CCCCCCCCCCCCCCCCCCCCCCCCCCCCCCC/C=C\C/C=C\CCCCCCC)COC(OCC[N+](C)(C)C)C(=O)O. The number of ether oxygens (including phenoxy) is 4. The predicted octanol–water partition coefficient (Wildman–Crippen LogP) is 31.1. The van der Waals surface area contributed by atoms with Gasteiger partial charge in [0.05, 0.1) is 34.4 Å². The molecule has 0 rings (SSSR count). The van der Waals surface area contributed by atoms with Crippen molar-refractivity contribution in [2.75, 3.05) is 47.5 Å². The van der Waals surface area contributed by atoms with E-state index >= 15 is 0 Å². The number of carboxylic acids is 1. The number of aliphatic carboxylic acids is 1. The highest BCUT2D eigenvalue weighted by atomic mass is 16.7. The minimum Gasteiger partial charge on any atom is -0.477 e. The van der Waals surface area contributed by atoms with E-state index in [2.05, 4.69) is 86.8 Å². The summed E-state index contributed by atoms with van der Waals surface area (Å²) in [5, 5.41) is 9.80. The van der Waals surface area contributed by atoms with Crippen molar-refractivity contribution in [3.8, 4) is 0 Å². The first-order chi connectivity index (χ1) is 52.6. The molecule has 0 amide bonds. The fraction of sp³-hybridized carbons (Fsp3) is 0.847. The normalized spacial score (nSPS) is 12.9. The molecule has 0 fully saturated rings. The fourth-order valence-electron chi connectivity index (χ4n) is 14.3. The number of nitrogens with zero attached hydrogens (tertiary/aromatic N) is 1. The minimum atomic E-state index is -1.51. The zero-order valence-electron chi connectivity index (χ0n) is 72.1. The molecule has 0 saturated carbocycles. The van der Waals surface area contributed by atoms with Gasteiger partial charge >= 0.3 is 17.9 Å². The van der Waals surface area contributed by atoms with Crippen LogP contribution in [0.15, 0.2) is 72.9 Å². The summed E-state index contributed by atoms with van der Waals surface area (Å²) < 4.78 is 23.1. The average molecular weight is 1500 g/mol. The largest absolute Gasteiger partial charge is 0.477 e. The molecule has 0 aliphatic heterocycles. The Labute approximate surface area is 666 Å². The fourth-order valence-corrected chi connectivity index (χ4v) is 14.3. The van der Waals surface area contributed by atoms with Crippen LogP contribution >= 0.6 is 0 Å². The molecule has 0 aliphatic carbocycles. The van der Waals surface area contributed by atoms with E-state index in [1.165, 1.54) is 379 Å². The molecule has 107 heavy (non-hydrogen) atoms. The van der Waals surface area contributed by atoms with E-state index in [0.29, 0.717) is 17.4 Å². The van der Waals surface area contributed by atoms with Crippen molar-refractivity contribution in [2.24, 2.45) is 0 Å². The molecule has 0 radical (unpaired) electrons. The van der Waals surface area contributed by atoms with Crippen LogP contribution in [-0.2, 0) is 33.3 Å². The second kappa shape index (κ2) is 88.3. The number of quaternary nitrogens is 1. The Bertz CT molecular complexity index is 2000. The van der Waals surface area contributed by atoms with Gasteiger partial charge in [-0.25, -0.2) is 4.79 Å². The number of unbranched alkanes of at least 4 members (excludes halogenated alkanes) is 62. The molecule has 0 aromatic rings. The third-order valence-corrected chi connectivity index (χ3v) is 21.4. The van der Waals surface area contributed by atoms with Gasteiger partial charge in [-0.2, -0.15) is 0 Å². The summed E-state index contributed by atoms with van der Waals surface area (Å²) in [7, 11) is 6.01. The van der Waals surface area contributed by atoms with Gasteiger partial charge in [0.15, 0.2) is 6.10 Å². The van der Waals surface area contributed by atoms with Crippen molar-refractivity contribution >= 4 is 17.9 Å². The van der Waals surface area contributed by atoms with Crippen molar-refractivity contribution in [1.82, 2.24) is 0 Å². The van der Waals surface area contributed by atoms with Crippen molar-refractivity contribution in [1.29, 1.82) is 0 Å². The van der Waals surface area contributed by atoms with Gasteiger partial charge in [0.1, 0.15) is 13.2 Å². The lowest BCUT2D eigenvalue weighted by molar-refractivity contribution is -0.870. The number of carboxylic acid groups (broad SMARTS) is 1. The summed E-state index contributed by atoms with van der Waals surface area (Å²) in [6.07, 6.45) is 118. The summed E-state index contributed by atoms with van der Waals surface area (Å²) in [4.78, 5) is 37.9. The molecule has 0 bridgehead atoms. The molecule has 0 heterocycles. The monoisotopic (exact) mass is 1500 g/mol. The minimum absolute atomic E-state index is 0.175. The molecule has 1 N–H and O–H groups in total. The molecule has 0 aromatic carbocycles. The van der Waals surface area contributed by atoms with Crippen LogP contribution in [0.3, 0.4) is 0 Å². The topological polar surface area (TPSA) is 108 Å². The summed E-state index contributed by atoms with van der Waals surface area (Å²) in [6, 6.07) is 0. The van der Waals surface area contributed by atoms with Gasteiger partial charge in [-0.1, -0.05) is 453 Å². The van der Waals surface area contributed by atoms with E-state index in [1.807, 2.05) is 21.1 Å². The van der Waals surface area contributed by atoms with Gasteiger partial charge < -0.3 is 28.5 Å². The Balaban J connectivity index is 3.86. The van der Waals surface area contributed by atoms with Crippen molar-refractivity contribution < 1.29 is 42.9 Å². The third kappa shape index (κ3) is 89.8. The molecule has 9 nitrogen and oxygen atoms in total. The molecule has 0 aliphatic rings. The van der Waals surface area contributed by atoms with Crippen LogP contribution in [0, 0.1) is 0 Å². The van der Waals surface area contributed by atoms with Crippen LogP contribution in [0.4, 0.5) is 0 Å². The Hall–Kier alpha value is -3.27. The first kappa shape index (κ1) is 104. The molecule has 626 valence electrons. The van der Waals surface area contributed by atoms with E-state index in [1.54, 1.807) is 0 Å². The van der Waals surface area contributed by atoms with E-state index < -0.39 is 18.4 Å². The van der Waals surface area contributed by atoms with E-state index in [0.717, 1.165) is 70.6 Å². The molecule has 2 unspecified atom stereocenters. The molecule has 2 atom stereocenters. The maximum absolute atomic E-state index is 13.0.